The molecule has 0 atom stereocenters. The van der Waals surface area contributed by atoms with Crippen LogP contribution < -0.4 is 5.32 Å². The highest BCUT2D eigenvalue weighted by molar-refractivity contribution is 5.08. The van der Waals surface area contributed by atoms with Crippen molar-refractivity contribution in [3.05, 3.63) is 30.1 Å². The Kier molecular flexibility index (Phi) is 4.31. The molecule has 1 aliphatic heterocycles. The van der Waals surface area contributed by atoms with Gasteiger partial charge in [-0.15, -0.1) is 0 Å². The van der Waals surface area contributed by atoms with E-state index in [9.17, 15) is 0 Å². The van der Waals surface area contributed by atoms with Gasteiger partial charge >= 0.3 is 0 Å². The summed E-state index contributed by atoms with van der Waals surface area (Å²) in [5, 5.41) is 3.64. The standard InChI is InChI=1S/C13H21N3/c1-16-9-5-13(6-10-16)15-8-4-12-3-2-7-14-11-12/h2-3,7,11,13,15H,4-6,8-10H2,1H3. The summed E-state index contributed by atoms with van der Waals surface area (Å²) in [4.78, 5) is 6.53. The van der Waals surface area contributed by atoms with Crippen LogP contribution >= 0.6 is 0 Å². The second kappa shape index (κ2) is 5.97. The molecule has 0 unspecified atom stereocenters. The fourth-order valence-corrected chi connectivity index (χ4v) is 2.18. The van der Waals surface area contributed by atoms with Gasteiger partial charge in [0.05, 0.1) is 0 Å². The summed E-state index contributed by atoms with van der Waals surface area (Å²) in [6, 6.07) is 4.86. The van der Waals surface area contributed by atoms with Gasteiger partial charge in [0, 0.05) is 18.4 Å². The van der Waals surface area contributed by atoms with Gasteiger partial charge in [-0.1, -0.05) is 6.07 Å². The molecule has 1 aliphatic rings. The van der Waals surface area contributed by atoms with Gasteiger partial charge in [-0.25, -0.2) is 0 Å². The van der Waals surface area contributed by atoms with Crippen LogP contribution in [0.3, 0.4) is 0 Å². The molecule has 1 aromatic rings. The minimum Gasteiger partial charge on any atom is -0.314 e. The molecular weight excluding hydrogens is 198 g/mol. The van der Waals surface area contributed by atoms with E-state index in [0.717, 1.165) is 13.0 Å². The fraction of sp³-hybridized carbons (Fsp3) is 0.615. The molecule has 0 radical (unpaired) electrons. The number of likely N-dealkylation sites (tertiary alicyclic amines) is 1. The molecule has 0 spiro atoms. The molecule has 0 saturated carbocycles. The average molecular weight is 219 g/mol. The third-order valence-electron chi connectivity index (χ3n) is 3.29. The second-order valence-electron chi connectivity index (χ2n) is 4.64. The first-order valence-electron chi connectivity index (χ1n) is 6.15. The highest BCUT2D eigenvalue weighted by Crippen LogP contribution is 2.08. The summed E-state index contributed by atoms with van der Waals surface area (Å²) in [7, 11) is 2.20. The highest BCUT2D eigenvalue weighted by Gasteiger charge is 2.15. The molecule has 3 nitrogen and oxygen atoms in total. The van der Waals surface area contributed by atoms with Crippen LogP contribution in [0.25, 0.3) is 0 Å². The van der Waals surface area contributed by atoms with Gasteiger partial charge in [-0.3, -0.25) is 4.98 Å². The Balaban J connectivity index is 1.65. The first-order valence-corrected chi connectivity index (χ1v) is 6.15. The first kappa shape index (κ1) is 11.6. The van der Waals surface area contributed by atoms with E-state index in [-0.39, 0.29) is 0 Å². The van der Waals surface area contributed by atoms with Crippen molar-refractivity contribution >= 4 is 0 Å². The van der Waals surface area contributed by atoms with Crippen molar-refractivity contribution in [2.75, 3.05) is 26.7 Å². The Bertz CT molecular complexity index is 291. The molecule has 0 amide bonds. The summed E-state index contributed by atoms with van der Waals surface area (Å²) in [5.41, 5.74) is 1.32. The Morgan fingerprint density at radius 1 is 1.44 bits per heavy atom. The quantitative estimate of drug-likeness (QED) is 0.827. The summed E-state index contributed by atoms with van der Waals surface area (Å²) < 4.78 is 0. The molecule has 1 N–H and O–H groups in total. The lowest BCUT2D eigenvalue weighted by atomic mass is 10.1. The second-order valence-corrected chi connectivity index (χ2v) is 4.64. The predicted molar refractivity (Wildman–Crippen MR) is 66.5 cm³/mol. The molecule has 1 aromatic heterocycles. The number of nitrogens with zero attached hydrogens (tertiary/aromatic N) is 2. The Morgan fingerprint density at radius 2 is 2.25 bits per heavy atom. The predicted octanol–water partition coefficient (Wildman–Crippen LogP) is 1.31. The maximum absolute atomic E-state index is 4.13. The zero-order chi connectivity index (χ0) is 11.2. The van der Waals surface area contributed by atoms with Crippen LogP contribution in [0.5, 0.6) is 0 Å². The van der Waals surface area contributed by atoms with E-state index >= 15 is 0 Å². The molecular formula is C13H21N3. The number of piperidine rings is 1. The number of nitrogens with one attached hydrogen (secondary N) is 1. The van der Waals surface area contributed by atoms with Crippen LogP contribution in [-0.2, 0) is 6.42 Å². The van der Waals surface area contributed by atoms with E-state index in [4.69, 9.17) is 0 Å². The van der Waals surface area contributed by atoms with Gasteiger partial charge in [-0.2, -0.15) is 0 Å². The van der Waals surface area contributed by atoms with Gasteiger partial charge in [0.2, 0.25) is 0 Å². The zero-order valence-electron chi connectivity index (χ0n) is 10.0. The molecule has 2 rings (SSSR count). The first-order chi connectivity index (χ1) is 7.84. The van der Waals surface area contributed by atoms with Crippen LogP contribution in [0.1, 0.15) is 18.4 Å². The van der Waals surface area contributed by atoms with Crippen LogP contribution in [0.15, 0.2) is 24.5 Å². The topological polar surface area (TPSA) is 28.2 Å². The third kappa shape index (κ3) is 3.58. The van der Waals surface area contributed by atoms with Gasteiger partial charge in [0.25, 0.3) is 0 Å². The third-order valence-corrected chi connectivity index (χ3v) is 3.29. The van der Waals surface area contributed by atoms with Crippen molar-refractivity contribution in [2.45, 2.75) is 25.3 Å². The summed E-state index contributed by atoms with van der Waals surface area (Å²) in [6.07, 6.45) is 7.43. The number of hydrogen-bond donors (Lipinski definition) is 1. The normalized spacial score (nSPS) is 18.8. The lowest BCUT2D eigenvalue weighted by molar-refractivity contribution is 0.235. The molecule has 16 heavy (non-hydrogen) atoms. The Hall–Kier alpha value is -0.930. The number of aromatic nitrogens is 1. The van der Waals surface area contributed by atoms with E-state index in [1.165, 1.54) is 31.5 Å². The average Bonchev–Trinajstić information content (AvgIpc) is 2.33. The molecule has 0 bridgehead atoms. The largest absolute Gasteiger partial charge is 0.314 e. The molecule has 3 heteroatoms. The number of rotatable bonds is 4. The monoisotopic (exact) mass is 219 g/mol. The van der Waals surface area contributed by atoms with Crippen molar-refractivity contribution in [3.8, 4) is 0 Å². The van der Waals surface area contributed by atoms with Gasteiger partial charge in [0.15, 0.2) is 0 Å². The lowest BCUT2D eigenvalue weighted by Crippen LogP contribution is -2.41. The maximum atomic E-state index is 4.13. The van der Waals surface area contributed by atoms with Crippen LogP contribution in [-0.4, -0.2) is 42.6 Å². The molecule has 1 saturated heterocycles. The molecule has 1 fully saturated rings. The summed E-state index contributed by atoms with van der Waals surface area (Å²) >= 11 is 0. The smallest absolute Gasteiger partial charge is 0.0300 e. The summed E-state index contributed by atoms with van der Waals surface area (Å²) in [5.74, 6) is 0. The van der Waals surface area contributed by atoms with Crippen molar-refractivity contribution in [2.24, 2.45) is 0 Å². The Morgan fingerprint density at radius 3 is 2.94 bits per heavy atom. The van der Waals surface area contributed by atoms with Crippen LogP contribution in [0.4, 0.5) is 0 Å². The molecule has 0 aromatic carbocycles. The van der Waals surface area contributed by atoms with E-state index < -0.39 is 0 Å². The molecule has 0 aliphatic carbocycles. The van der Waals surface area contributed by atoms with E-state index in [1.54, 1.807) is 0 Å². The van der Waals surface area contributed by atoms with Gasteiger partial charge in [-0.05, 0) is 57.6 Å². The van der Waals surface area contributed by atoms with Gasteiger partial charge < -0.3 is 10.2 Å². The fourth-order valence-electron chi connectivity index (χ4n) is 2.18. The summed E-state index contributed by atoms with van der Waals surface area (Å²) in [6.45, 7) is 3.52. The lowest BCUT2D eigenvalue weighted by Gasteiger charge is -2.29. The van der Waals surface area contributed by atoms with Gasteiger partial charge in [0.1, 0.15) is 0 Å². The zero-order valence-corrected chi connectivity index (χ0v) is 10.0. The minimum atomic E-state index is 0.716. The van der Waals surface area contributed by atoms with E-state index in [0.29, 0.717) is 6.04 Å². The van der Waals surface area contributed by atoms with Crippen LogP contribution in [0.2, 0.25) is 0 Å². The van der Waals surface area contributed by atoms with Crippen LogP contribution in [0, 0.1) is 0 Å². The maximum Gasteiger partial charge on any atom is 0.0300 e. The number of pyridine rings is 1. The SMILES string of the molecule is CN1CCC(NCCc2cccnc2)CC1. The minimum absolute atomic E-state index is 0.716. The van der Waals surface area contributed by atoms with Crippen molar-refractivity contribution in [1.82, 2.24) is 15.2 Å². The number of hydrogen-bond acceptors (Lipinski definition) is 3. The van der Waals surface area contributed by atoms with Crippen molar-refractivity contribution in [1.29, 1.82) is 0 Å². The molecule has 2 heterocycles. The Labute approximate surface area is 97.9 Å². The van der Waals surface area contributed by atoms with E-state index in [2.05, 4.69) is 28.3 Å². The van der Waals surface area contributed by atoms with Crippen molar-refractivity contribution in [3.63, 3.8) is 0 Å². The molecule has 88 valence electrons. The van der Waals surface area contributed by atoms with Crippen molar-refractivity contribution < 1.29 is 0 Å². The highest BCUT2D eigenvalue weighted by atomic mass is 15.1. The van der Waals surface area contributed by atoms with E-state index in [1.807, 2.05) is 18.5 Å².